The Kier molecular flexibility index (Phi) is 3.55. The fraction of sp³-hybridized carbons (Fsp3) is 0.235. The maximum Gasteiger partial charge on any atom is 0.152 e. The van der Waals surface area contributed by atoms with Crippen LogP contribution in [0.15, 0.2) is 36.4 Å². The molecule has 0 atom stereocenters. The molecule has 0 radical (unpaired) electrons. The molecule has 0 aliphatic heterocycles. The van der Waals surface area contributed by atoms with Crippen molar-refractivity contribution in [2.75, 3.05) is 5.73 Å². The van der Waals surface area contributed by atoms with Crippen molar-refractivity contribution in [3.05, 3.63) is 47.0 Å². The van der Waals surface area contributed by atoms with E-state index in [1.165, 1.54) is 5.56 Å². The lowest BCUT2D eigenvalue weighted by Crippen LogP contribution is -1.93. The van der Waals surface area contributed by atoms with Crippen molar-refractivity contribution >= 4 is 27.2 Å². The van der Waals surface area contributed by atoms with E-state index in [9.17, 15) is 0 Å². The minimum atomic E-state index is 0.467. The van der Waals surface area contributed by atoms with Crippen LogP contribution in [0.4, 0.5) is 5.69 Å². The second-order valence-corrected chi connectivity index (χ2v) is 6.65. The third-order valence-electron chi connectivity index (χ3n) is 3.38. The highest BCUT2D eigenvalue weighted by Gasteiger charge is 2.09. The first-order chi connectivity index (χ1) is 10.0. The third kappa shape index (κ3) is 2.85. The number of nitrogens with two attached hydrogens (primary N) is 1. The van der Waals surface area contributed by atoms with E-state index in [1.54, 1.807) is 11.3 Å². The summed E-state index contributed by atoms with van der Waals surface area (Å²) in [7, 11) is 0. The summed E-state index contributed by atoms with van der Waals surface area (Å²) in [6.07, 6.45) is 0. The van der Waals surface area contributed by atoms with Crippen LogP contribution < -0.4 is 10.5 Å². The van der Waals surface area contributed by atoms with E-state index in [4.69, 9.17) is 10.5 Å². The summed E-state index contributed by atoms with van der Waals surface area (Å²) >= 11 is 1.64. The maximum atomic E-state index is 6.10. The van der Waals surface area contributed by atoms with Gasteiger partial charge in [0.25, 0.3) is 0 Å². The zero-order chi connectivity index (χ0) is 15.0. The molecule has 4 heteroatoms. The highest BCUT2D eigenvalue weighted by atomic mass is 32.1. The van der Waals surface area contributed by atoms with Crippen molar-refractivity contribution in [1.82, 2.24) is 4.98 Å². The minimum absolute atomic E-state index is 0.467. The molecule has 0 aliphatic carbocycles. The van der Waals surface area contributed by atoms with Crippen molar-refractivity contribution in [3.63, 3.8) is 0 Å². The molecule has 108 valence electrons. The molecule has 21 heavy (non-hydrogen) atoms. The Balaban J connectivity index is 1.97. The first-order valence-corrected chi connectivity index (χ1v) is 7.79. The number of thiazole rings is 1. The molecule has 1 aromatic heterocycles. The van der Waals surface area contributed by atoms with E-state index in [-0.39, 0.29) is 0 Å². The normalized spacial score (nSPS) is 11.2. The Bertz CT molecular complexity index is 793. The summed E-state index contributed by atoms with van der Waals surface area (Å²) in [5.41, 5.74) is 8.91. The summed E-state index contributed by atoms with van der Waals surface area (Å²) in [4.78, 5) is 4.49. The molecule has 0 amide bonds. The zero-order valence-corrected chi connectivity index (χ0v) is 13.2. The van der Waals surface area contributed by atoms with Crippen LogP contribution >= 0.6 is 11.3 Å². The quantitative estimate of drug-likeness (QED) is 0.684. The van der Waals surface area contributed by atoms with Gasteiger partial charge in [0.1, 0.15) is 5.75 Å². The average molecular weight is 298 g/mol. The lowest BCUT2D eigenvalue weighted by Gasteiger charge is -2.11. The fourth-order valence-corrected chi connectivity index (χ4v) is 3.10. The molecular formula is C17H18N2OS. The van der Waals surface area contributed by atoms with Crippen LogP contribution in [0.2, 0.25) is 0 Å². The third-order valence-corrected chi connectivity index (χ3v) is 4.31. The van der Waals surface area contributed by atoms with Crippen LogP contribution in [0.3, 0.4) is 0 Å². The van der Waals surface area contributed by atoms with Gasteiger partial charge in [-0.3, -0.25) is 0 Å². The summed E-state index contributed by atoms with van der Waals surface area (Å²) in [5.74, 6) is 1.93. The van der Waals surface area contributed by atoms with Crippen molar-refractivity contribution in [2.24, 2.45) is 0 Å². The number of aromatic nitrogens is 1. The molecule has 0 aliphatic rings. The lowest BCUT2D eigenvalue weighted by molar-refractivity contribution is 0.484. The van der Waals surface area contributed by atoms with E-state index in [2.05, 4.69) is 31.0 Å². The van der Waals surface area contributed by atoms with Crippen LogP contribution in [0, 0.1) is 6.92 Å². The summed E-state index contributed by atoms with van der Waals surface area (Å²) < 4.78 is 7.05. The number of benzene rings is 2. The molecule has 0 saturated heterocycles. The van der Waals surface area contributed by atoms with Gasteiger partial charge in [0, 0.05) is 6.07 Å². The molecule has 0 unspecified atom stereocenters. The number of ether oxygens (including phenoxy) is 1. The molecule has 1 heterocycles. The van der Waals surface area contributed by atoms with Crippen molar-refractivity contribution in [1.29, 1.82) is 0 Å². The average Bonchev–Trinajstić information content (AvgIpc) is 2.78. The van der Waals surface area contributed by atoms with Gasteiger partial charge in [0.15, 0.2) is 5.75 Å². The molecule has 0 spiro atoms. The zero-order valence-electron chi connectivity index (χ0n) is 12.4. The molecular weight excluding hydrogens is 280 g/mol. The van der Waals surface area contributed by atoms with Crippen molar-refractivity contribution in [2.45, 2.75) is 26.7 Å². The first kappa shape index (κ1) is 13.9. The van der Waals surface area contributed by atoms with Crippen LogP contribution in [-0.2, 0) is 0 Å². The summed E-state index contributed by atoms with van der Waals surface area (Å²) in [6.45, 7) is 6.32. The molecule has 0 fully saturated rings. The van der Waals surface area contributed by atoms with Gasteiger partial charge in [-0.15, -0.1) is 11.3 Å². The SMILES string of the molecule is Cc1nc2cc(Oc3cccc(C(C)C)c3)c(N)cc2s1. The number of aryl methyl sites for hydroxylation is 1. The number of rotatable bonds is 3. The van der Waals surface area contributed by atoms with Crippen LogP contribution in [0.1, 0.15) is 30.3 Å². The van der Waals surface area contributed by atoms with Crippen LogP contribution in [-0.4, -0.2) is 4.98 Å². The van der Waals surface area contributed by atoms with Gasteiger partial charge < -0.3 is 10.5 Å². The lowest BCUT2D eigenvalue weighted by atomic mass is 10.0. The number of anilines is 1. The smallest absolute Gasteiger partial charge is 0.152 e. The van der Waals surface area contributed by atoms with E-state index in [1.807, 2.05) is 31.2 Å². The molecule has 2 aromatic carbocycles. The van der Waals surface area contributed by atoms with Crippen molar-refractivity contribution < 1.29 is 4.74 Å². The van der Waals surface area contributed by atoms with Crippen molar-refractivity contribution in [3.8, 4) is 11.5 Å². The highest BCUT2D eigenvalue weighted by Crippen LogP contribution is 2.34. The van der Waals surface area contributed by atoms with Gasteiger partial charge in [-0.2, -0.15) is 0 Å². The van der Waals surface area contributed by atoms with E-state index in [0.717, 1.165) is 21.0 Å². The number of hydrogen-bond acceptors (Lipinski definition) is 4. The van der Waals surface area contributed by atoms with Gasteiger partial charge in [-0.1, -0.05) is 26.0 Å². The van der Waals surface area contributed by atoms with Gasteiger partial charge in [-0.25, -0.2) is 4.98 Å². The van der Waals surface area contributed by atoms with Gasteiger partial charge in [0.05, 0.1) is 20.9 Å². The van der Waals surface area contributed by atoms with Gasteiger partial charge in [-0.05, 0) is 36.6 Å². The molecule has 0 bridgehead atoms. The van der Waals surface area contributed by atoms with Gasteiger partial charge >= 0.3 is 0 Å². The number of nitrogen functional groups attached to an aromatic ring is 1. The largest absolute Gasteiger partial charge is 0.455 e. The fourth-order valence-electron chi connectivity index (χ4n) is 2.24. The predicted molar refractivity (Wildman–Crippen MR) is 89.4 cm³/mol. The van der Waals surface area contributed by atoms with Crippen LogP contribution in [0.5, 0.6) is 11.5 Å². The van der Waals surface area contributed by atoms with Crippen LogP contribution in [0.25, 0.3) is 10.2 Å². The second-order valence-electron chi connectivity index (χ2n) is 5.42. The number of hydrogen-bond donors (Lipinski definition) is 1. The Labute approximate surface area is 128 Å². The number of nitrogens with zero attached hydrogens (tertiary/aromatic N) is 1. The standard InChI is InChI=1S/C17H18N2OS/c1-10(2)12-5-4-6-13(7-12)20-16-9-15-17(8-14(16)18)21-11(3)19-15/h4-10H,18H2,1-3H3. The topological polar surface area (TPSA) is 48.1 Å². The Morgan fingerprint density at radius 2 is 2.00 bits per heavy atom. The Morgan fingerprint density at radius 3 is 2.76 bits per heavy atom. The first-order valence-electron chi connectivity index (χ1n) is 6.97. The second kappa shape index (κ2) is 5.37. The van der Waals surface area contributed by atoms with E-state index < -0.39 is 0 Å². The molecule has 3 nitrogen and oxygen atoms in total. The summed E-state index contributed by atoms with van der Waals surface area (Å²) in [5, 5.41) is 1.03. The molecule has 0 saturated carbocycles. The minimum Gasteiger partial charge on any atom is -0.455 e. The molecule has 3 rings (SSSR count). The van der Waals surface area contributed by atoms with Gasteiger partial charge in [0.2, 0.25) is 0 Å². The Morgan fingerprint density at radius 1 is 1.19 bits per heavy atom. The molecule has 3 aromatic rings. The van der Waals surface area contributed by atoms with E-state index >= 15 is 0 Å². The number of fused-ring (bicyclic) bond motifs is 1. The Hall–Kier alpha value is -2.07. The highest BCUT2D eigenvalue weighted by molar-refractivity contribution is 7.18. The van der Waals surface area contributed by atoms with E-state index in [0.29, 0.717) is 17.4 Å². The molecule has 2 N–H and O–H groups in total. The monoisotopic (exact) mass is 298 g/mol. The summed E-state index contributed by atoms with van der Waals surface area (Å²) in [6, 6.07) is 12.0. The predicted octanol–water partition coefficient (Wildman–Crippen LogP) is 5.10. The maximum absolute atomic E-state index is 6.10.